The van der Waals surface area contributed by atoms with E-state index in [1.54, 1.807) is 6.07 Å². The minimum atomic E-state index is -1.95. The van der Waals surface area contributed by atoms with Crippen molar-refractivity contribution in [2.75, 3.05) is 0 Å². The molecular weight excluding hydrogens is 235 g/mol. The Balaban J connectivity index is 2.40. The number of carbonyl (C=O) groups is 1. The van der Waals surface area contributed by atoms with Crippen LogP contribution in [0.5, 0.6) is 0 Å². The van der Waals surface area contributed by atoms with E-state index in [9.17, 15) is 19.4 Å². The van der Waals surface area contributed by atoms with E-state index in [1.807, 2.05) is 30.3 Å². The molecule has 2 rings (SSSR count). The number of hydrogen-bond acceptors (Lipinski definition) is 3. The van der Waals surface area contributed by atoms with Gasteiger partial charge in [0.25, 0.3) is 0 Å². The standard InChI is InChI=1S/C14H11FO3/c15-12-8-10(9-4-2-1-3-5-9)6-7-11(12)13(16)14(17)18/h1-8,13,16H,(H,17,18)/p-1. The Morgan fingerprint density at radius 1 is 1.11 bits per heavy atom. The summed E-state index contributed by atoms with van der Waals surface area (Å²) in [5.41, 5.74) is 1.13. The van der Waals surface area contributed by atoms with Crippen molar-refractivity contribution < 1.29 is 19.4 Å². The molecule has 0 amide bonds. The fourth-order valence-electron chi connectivity index (χ4n) is 1.69. The molecule has 0 aromatic heterocycles. The fourth-order valence-corrected chi connectivity index (χ4v) is 1.69. The fraction of sp³-hybridized carbons (Fsp3) is 0.0714. The largest absolute Gasteiger partial charge is 0.547 e. The summed E-state index contributed by atoms with van der Waals surface area (Å²) in [5, 5.41) is 19.7. The van der Waals surface area contributed by atoms with E-state index in [0.29, 0.717) is 5.56 Å². The lowest BCUT2D eigenvalue weighted by Gasteiger charge is -2.13. The van der Waals surface area contributed by atoms with E-state index in [1.165, 1.54) is 12.1 Å². The third-order valence-electron chi connectivity index (χ3n) is 2.63. The lowest BCUT2D eigenvalue weighted by Crippen LogP contribution is -2.30. The van der Waals surface area contributed by atoms with Gasteiger partial charge in [0.05, 0.1) is 5.97 Å². The average Bonchev–Trinajstić information content (AvgIpc) is 2.38. The van der Waals surface area contributed by atoms with Crippen LogP contribution in [-0.2, 0) is 4.79 Å². The Morgan fingerprint density at radius 3 is 2.33 bits per heavy atom. The van der Waals surface area contributed by atoms with Crippen molar-refractivity contribution in [2.24, 2.45) is 0 Å². The highest BCUT2D eigenvalue weighted by atomic mass is 19.1. The number of carboxylic acid groups (broad SMARTS) is 1. The van der Waals surface area contributed by atoms with Crippen LogP contribution >= 0.6 is 0 Å². The maximum atomic E-state index is 13.7. The number of halogens is 1. The molecule has 0 radical (unpaired) electrons. The topological polar surface area (TPSA) is 60.4 Å². The number of carbonyl (C=O) groups excluding carboxylic acids is 1. The molecule has 2 aromatic carbocycles. The van der Waals surface area contributed by atoms with E-state index in [0.717, 1.165) is 5.56 Å². The molecule has 92 valence electrons. The Kier molecular flexibility index (Phi) is 3.39. The molecule has 3 nitrogen and oxygen atoms in total. The molecule has 18 heavy (non-hydrogen) atoms. The van der Waals surface area contributed by atoms with Crippen LogP contribution in [0.15, 0.2) is 48.5 Å². The number of benzene rings is 2. The van der Waals surface area contributed by atoms with Crippen LogP contribution in [0.1, 0.15) is 11.7 Å². The first-order valence-corrected chi connectivity index (χ1v) is 5.33. The number of carboxylic acids is 1. The molecule has 0 fully saturated rings. The number of hydrogen-bond donors (Lipinski definition) is 1. The van der Waals surface area contributed by atoms with Crippen LogP contribution < -0.4 is 5.11 Å². The first-order valence-electron chi connectivity index (χ1n) is 5.33. The monoisotopic (exact) mass is 245 g/mol. The molecule has 0 aliphatic carbocycles. The van der Waals surface area contributed by atoms with Gasteiger partial charge < -0.3 is 15.0 Å². The van der Waals surface area contributed by atoms with Gasteiger partial charge in [0, 0.05) is 5.56 Å². The molecule has 1 unspecified atom stereocenters. The van der Waals surface area contributed by atoms with Crippen molar-refractivity contribution in [3.05, 3.63) is 59.9 Å². The number of aliphatic carboxylic acids is 1. The lowest BCUT2D eigenvalue weighted by atomic mass is 10.0. The molecule has 0 aliphatic heterocycles. The predicted octanol–water partition coefficient (Wildman–Crippen LogP) is 1.28. The summed E-state index contributed by atoms with van der Waals surface area (Å²) in [5.74, 6) is -2.49. The van der Waals surface area contributed by atoms with Gasteiger partial charge in [-0.2, -0.15) is 0 Å². The van der Waals surface area contributed by atoms with E-state index in [2.05, 4.69) is 0 Å². The zero-order valence-corrected chi connectivity index (χ0v) is 9.34. The number of rotatable bonds is 3. The van der Waals surface area contributed by atoms with Crippen LogP contribution in [0.2, 0.25) is 0 Å². The van der Waals surface area contributed by atoms with Gasteiger partial charge in [0.15, 0.2) is 0 Å². The Morgan fingerprint density at radius 2 is 1.78 bits per heavy atom. The SMILES string of the molecule is O=C([O-])C(O)c1ccc(-c2ccccc2)cc1F. The zero-order valence-electron chi connectivity index (χ0n) is 9.34. The second-order valence-electron chi connectivity index (χ2n) is 3.82. The van der Waals surface area contributed by atoms with Gasteiger partial charge >= 0.3 is 0 Å². The second-order valence-corrected chi connectivity index (χ2v) is 3.82. The van der Waals surface area contributed by atoms with Gasteiger partial charge in [-0.05, 0) is 17.2 Å². The molecule has 0 aliphatic rings. The molecule has 4 heteroatoms. The Bertz CT molecular complexity index is 567. The first kappa shape index (κ1) is 12.3. The average molecular weight is 245 g/mol. The van der Waals surface area contributed by atoms with Crippen molar-refractivity contribution >= 4 is 5.97 Å². The summed E-state index contributed by atoms with van der Waals surface area (Å²) in [6.45, 7) is 0. The normalized spacial score (nSPS) is 12.1. The molecule has 0 spiro atoms. The number of aliphatic hydroxyl groups excluding tert-OH is 1. The smallest absolute Gasteiger partial charge is 0.130 e. The Hall–Kier alpha value is -2.20. The maximum absolute atomic E-state index is 13.7. The van der Waals surface area contributed by atoms with Crippen molar-refractivity contribution in [1.29, 1.82) is 0 Å². The highest BCUT2D eigenvalue weighted by Crippen LogP contribution is 2.24. The van der Waals surface area contributed by atoms with Crippen LogP contribution in [0.3, 0.4) is 0 Å². The first-order chi connectivity index (χ1) is 8.59. The molecule has 1 N–H and O–H groups in total. The number of aliphatic hydroxyl groups is 1. The van der Waals surface area contributed by atoms with Gasteiger partial charge in [-0.25, -0.2) is 4.39 Å². The molecule has 0 saturated carbocycles. The molecule has 0 saturated heterocycles. The molecular formula is C14H10FO3-. The molecule has 0 bridgehead atoms. The molecule has 2 aromatic rings. The van der Waals surface area contributed by atoms with Gasteiger partial charge in [0.2, 0.25) is 0 Å². The molecule has 0 heterocycles. The maximum Gasteiger partial charge on any atom is 0.130 e. The van der Waals surface area contributed by atoms with Crippen LogP contribution in [-0.4, -0.2) is 11.1 Å². The summed E-state index contributed by atoms with van der Waals surface area (Å²) in [6, 6.07) is 13.1. The van der Waals surface area contributed by atoms with Gasteiger partial charge in [-0.1, -0.05) is 42.5 Å². The van der Waals surface area contributed by atoms with Crippen LogP contribution in [0.4, 0.5) is 4.39 Å². The summed E-state index contributed by atoms with van der Waals surface area (Å²) >= 11 is 0. The molecule has 1 atom stereocenters. The quantitative estimate of drug-likeness (QED) is 0.886. The summed E-state index contributed by atoms with van der Waals surface area (Å²) in [6.07, 6.45) is -1.95. The summed E-state index contributed by atoms with van der Waals surface area (Å²) in [7, 11) is 0. The minimum Gasteiger partial charge on any atom is -0.547 e. The summed E-state index contributed by atoms with van der Waals surface area (Å²) < 4.78 is 13.7. The van der Waals surface area contributed by atoms with Crippen molar-refractivity contribution in [3.63, 3.8) is 0 Å². The van der Waals surface area contributed by atoms with Crippen molar-refractivity contribution in [3.8, 4) is 11.1 Å². The third-order valence-corrected chi connectivity index (χ3v) is 2.63. The highest BCUT2D eigenvalue weighted by molar-refractivity contribution is 5.73. The van der Waals surface area contributed by atoms with Crippen LogP contribution in [0, 0.1) is 5.82 Å². The highest BCUT2D eigenvalue weighted by Gasteiger charge is 2.14. The van der Waals surface area contributed by atoms with E-state index in [4.69, 9.17) is 0 Å². The second kappa shape index (κ2) is 4.98. The van der Waals surface area contributed by atoms with Gasteiger partial charge in [0.1, 0.15) is 11.9 Å². The van der Waals surface area contributed by atoms with Gasteiger partial charge in [-0.3, -0.25) is 0 Å². The summed E-state index contributed by atoms with van der Waals surface area (Å²) in [4.78, 5) is 10.5. The predicted molar refractivity (Wildman–Crippen MR) is 61.8 cm³/mol. The van der Waals surface area contributed by atoms with Crippen LogP contribution in [0.25, 0.3) is 11.1 Å². The lowest BCUT2D eigenvalue weighted by molar-refractivity contribution is -0.315. The third kappa shape index (κ3) is 2.38. The minimum absolute atomic E-state index is 0.297. The van der Waals surface area contributed by atoms with E-state index >= 15 is 0 Å². The Labute approximate surface area is 103 Å². The van der Waals surface area contributed by atoms with E-state index < -0.39 is 17.9 Å². The van der Waals surface area contributed by atoms with E-state index in [-0.39, 0.29) is 5.56 Å². The van der Waals surface area contributed by atoms with Crippen molar-refractivity contribution in [2.45, 2.75) is 6.10 Å². The van der Waals surface area contributed by atoms with Gasteiger partial charge in [-0.15, -0.1) is 0 Å². The van der Waals surface area contributed by atoms with Crippen molar-refractivity contribution in [1.82, 2.24) is 0 Å². The zero-order chi connectivity index (χ0) is 13.1.